The lowest BCUT2D eigenvalue weighted by atomic mass is 10.1. The SMILES string of the molecule is CCCC[C@H](Nc1ncc(Cl)cc1F)C(=O)O. The van der Waals surface area contributed by atoms with Gasteiger partial charge in [-0.2, -0.15) is 0 Å². The summed E-state index contributed by atoms with van der Waals surface area (Å²) >= 11 is 5.55. The van der Waals surface area contributed by atoms with Gasteiger partial charge in [-0.3, -0.25) is 0 Å². The number of aromatic nitrogens is 1. The Morgan fingerprint density at radius 1 is 1.71 bits per heavy atom. The van der Waals surface area contributed by atoms with E-state index >= 15 is 0 Å². The van der Waals surface area contributed by atoms with E-state index in [1.165, 1.54) is 6.20 Å². The van der Waals surface area contributed by atoms with Crippen LogP contribution < -0.4 is 5.32 Å². The number of rotatable bonds is 6. The number of hydrogen-bond acceptors (Lipinski definition) is 3. The average molecular weight is 261 g/mol. The second-order valence-electron chi connectivity index (χ2n) is 3.66. The maximum Gasteiger partial charge on any atom is 0.326 e. The van der Waals surface area contributed by atoms with Crippen LogP contribution in [0.2, 0.25) is 5.02 Å². The summed E-state index contributed by atoms with van der Waals surface area (Å²) in [5, 5.41) is 11.7. The molecule has 0 fully saturated rings. The monoisotopic (exact) mass is 260 g/mol. The topological polar surface area (TPSA) is 62.2 Å². The van der Waals surface area contributed by atoms with Crippen LogP contribution in [0.1, 0.15) is 26.2 Å². The Balaban J connectivity index is 2.75. The number of anilines is 1. The second-order valence-corrected chi connectivity index (χ2v) is 4.10. The maximum absolute atomic E-state index is 13.4. The van der Waals surface area contributed by atoms with Crippen LogP contribution in [-0.2, 0) is 4.79 Å². The third kappa shape index (κ3) is 4.19. The molecular weight excluding hydrogens is 247 g/mol. The summed E-state index contributed by atoms with van der Waals surface area (Å²) in [6, 6.07) is 0.258. The Hall–Kier alpha value is -1.36. The van der Waals surface area contributed by atoms with Gasteiger partial charge in [0.05, 0.1) is 5.02 Å². The number of pyridine rings is 1. The molecule has 1 rings (SSSR count). The van der Waals surface area contributed by atoms with Gasteiger partial charge < -0.3 is 10.4 Å². The highest BCUT2D eigenvalue weighted by molar-refractivity contribution is 6.30. The molecule has 0 radical (unpaired) electrons. The van der Waals surface area contributed by atoms with E-state index in [-0.39, 0.29) is 10.8 Å². The summed E-state index contributed by atoms with van der Waals surface area (Å²) in [6.45, 7) is 1.96. The number of halogens is 2. The number of nitrogens with zero attached hydrogens (tertiary/aromatic N) is 1. The zero-order valence-electron chi connectivity index (χ0n) is 9.41. The van der Waals surface area contributed by atoms with Crippen LogP contribution >= 0.6 is 11.6 Å². The van der Waals surface area contributed by atoms with Gasteiger partial charge >= 0.3 is 5.97 Å². The fourth-order valence-electron chi connectivity index (χ4n) is 1.35. The number of nitrogens with one attached hydrogen (secondary N) is 1. The number of hydrogen-bond donors (Lipinski definition) is 2. The molecule has 0 saturated carbocycles. The van der Waals surface area contributed by atoms with E-state index in [4.69, 9.17) is 16.7 Å². The van der Waals surface area contributed by atoms with Crippen molar-refractivity contribution >= 4 is 23.4 Å². The summed E-state index contributed by atoms with van der Waals surface area (Å²) in [7, 11) is 0. The minimum Gasteiger partial charge on any atom is -0.480 e. The van der Waals surface area contributed by atoms with E-state index in [0.717, 1.165) is 18.9 Å². The molecule has 2 N–H and O–H groups in total. The number of unbranched alkanes of at least 4 members (excludes halogenated alkanes) is 1. The van der Waals surface area contributed by atoms with Gasteiger partial charge in [-0.05, 0) is 12.5 Å². The predicted molar refractivity (Wildman–Crippen MR) is 63.8 cm³/mol. The zero-order chi connectivity index (χ0) is 12.8. The molecule has 0 bridgehead atoms. The molecule has 0 aliphatic heterocycles. The number of carboxylic acids is 1. The van der Waals surface area contributed by atoms with Crippen LogP contribution in [0.5, 0.6) is 0 Å². The molecule has 0 spiro atoms. The molecule has 6 heteroatoms. The fourth-order valence-corrected chi connectivity index (χ4v) is 1.50. The first-order chi connectivity index (χ1) is 8.04. The smallest absolute Gasteiger partial charge is 0.326 e. The van der Waals surface area contributed by atoms with E-state index in [1.54, 1.807) is 0 Å². The molecule has 0 saturated heterocycles. The summed E-state index contributed by atoms with van der Waals surface area (Å²) in [4.78, 5) is 14.7. The van der Waals surface area contributed by atoms with E-state index in [1.807, 2.05) is 6.92 Å². The van der Waals surface area contributed by atoms with Gasteiger partial charge in [-0.15, -0.1) is 0 Å². The van der Waals surface area contributed by atoms with Crippen LogP contribution in [0.3, 0.4) is 0 Å². The molecule has 0 aliphatic carbocycles. The highest BCUT2D eigenvalue weighted by Crippen LogP contribution is 2.17. The van der Waals surface area contributed by atoms with E-state index < -0.39 is 17.8 Å². The summed E-state index contributed by atoms with van der Waals surface area (Å²) in [6.07, 6.45) is 3.32. The van der Waals surface area contributed by atoms with Crippen molar-refractivity contribution in [3.63, 3.8) is 0 Å². The van der Waals surface area contributed by atoms with Gasteiger partial charge in [0.1, 0.15) is 6.04 Å². The minimum absolute atomic E-state index is 0.0853. The van der Waals surface area contributed by atoms with Crippen LogP contribution in [-0.4, -0.2) is 22.1 Å². The Morgan fingerprint density at radius 2 is 2.41 bits per heavy atom. The first kappa shape index (κ1) is 13.7. The Kier molecular flexibility index (Phi) is 5.15. The van der Waals surface area contributed by atoms with Crippen molar-refractivity contribution in [2.24, 2.45) is 0 Å². The third-order valence-corrected chi connectivity index (χ3v) is 2.47. The van der Waals surface area contributed by atoms with Gasteiger partial charge in [0.25, 0.3) is 0 Å². The number of carboxylic acid groups (broad SMARTS) is 1. The number of aliphatic carboxylic acids is 1. The second kappa shape index (κ2) is 6.39. The quantitative estimate of drug-likeness (QED) is 0.826. The summed E-state index contributed by atoms with van der Waals surface area (Å²) in [5.41, 5.74) is 0. The van der Waals surface area contributed by atoms with Crippen LogP contribution in [0, 0.1) is 5.82 Å². The highest BCUT2D eigenvalue weighted by Gasteiger charge is 2.18. The lowest BCUT2D eigenvalue weighted by Crippen LogP contribution is -2.30. The lowest BCUT2D eigenvalue weighted by molar-refractivity contribution is -0.138. The largest absolute Gasteiger partial charge is 0.480 e. The van der Waals surface area contributed by atoms with Gasteiger partial charge in [0.15, 0.2) is 11.6 Å². The molecule has 0 unspecified atom stereocenters. The first-order valence-corrected chi connectivity index (χ1v) is 5.72. The molecule has 17 heavy (non-hydrogen) atoms. The van der Waals surface area contributed by atoms with Crippen LogP contribution in [0.15, 0.2) is 12.3 Å². The van der Waals surface area contributed by atoms with Crippen molar-refractivity contribution in [1.29, 1.82) is 0 Å². The molecule has 1 aromatic heterocycles. The standard InChI is InChI=1S/C11H14ClFN2O2/c1-2-3-4-9(11(16)17)15-10-8(13)5-7(12)6-14-10/h5-6,9H,2-4H2,1H3,(H,14,15)(H,16,17)/t9-/m0/s1. The summed E-state index contributed by atoms with van der Waals surface area (Å²) in [5.74, 6) is -1.76. The van der Waals surface area contributed by atoms with Crippen molar-refractivity contribution < 1.29 is 14.3 Å². The Morgan fingerprint density at radius 3 is 2.94 bits per heavy atom. The van der Waals surface area contributed by atoms with Crippen molar-refractivity contribution in [2.75, 3.05) is 5.32 Å². The van der Waals surface area contributed by atoms with Crippen molar-refractivity contribution in [3.8, 4) is 0 Å². The normalized spacial score (nSPS) is 12.2. The van der Waals surface area contributed by atoms with Gasteiger partial charge in [0, 0.05) is 6.20 Å². The Labute approximate surface area is 104 Å². The van der Waals surface area contributed by atoms with E-state index in [0.29, 0.717) is 6.42 Å². The van der Waals surface area contributed by atoms with Crippen LogP contribution in [0.4, 0.5) is 10.2 Å². The first-order valence-electron chi connectivity index (χ1n) is 5.35. The van der Waals surface area contributed by atoms with Gasteiger partial charge in [-0.1, -0.05) is 31.4 Å². The molecule has 94 valence electrons. The molecule has 1 aromatic rings. The molecule has 1 atom stereocenters. The highest BCUT2D eigenvalue weighted by atomic mass is 35.5. The average Bonchev–Trinajstić information content (AvgIpc) is 2.26. The molecule has 0 aromatic carbocycles. The fraction of sp³-hybridized carbons (Fsp3) is 0.455. The molecular formula is C11H14ClFN2O2. The van der Waals surface area contributed by atoms with Crippen molar-refractivity contribution in [2.45, 2.75) is 32.2 Å². The zero-order valence-corrected chi connectivity index (χ0v) is 10.2. The minimum atomic E-state index is -1.02. The molecule has 0 amide bonds. The maximum atomic E-state index is 13.4. The predicted octanol–water partition coefficient (Wildman–Crippen LogP) is 2.93. The van der Waals surface area contributed by atoms with Crippen LogP contribution in [0.25, 0.3) is 0 Å². The van der Waals surface area contributed by atoms with E-state index in [2.05, 4.69) is 10.3 Å². The molecule has 0 aliphatic rings. The number of carbonyl (C=O) groups is 1. The Bertz CT molecular complexity index is 401. The van der Waals surface area contributed by atoms with E-state index in [9.17, 15) is 9.18 Å². The molecule has 1 heterocycles. The van der Waals surface area contributed by atoms with Crippen molar-refractivity contribution in [1.82, 2.24) is 4.98 Å². The summed E-state index contributed by atoms with van der Waals surface area (Å²) < 4.78 is 13.4. The lowest BCUT2D eigenvalue weighted by Gasteiger charge is -2.14. The van der Waals surface area contributed by atoms with Gasteiger partial charge in [0.2, 0.25) is 0 Å². The van der Waals surface area contributed by atoms with Gasteiger partial charge in [-0.25, -0.2) is 14.2 Å². The third-order valence-electron chi connectivity index (χ3n) is 2.26. The van der Waals surface area contributed by atoms with Crippen molar-refractivity contribution in [3.05, 3.63) is 23.1 Å². The molecule has 4 nitrogen and oxygen atoms in total.